The fraction of sp³-hybridized carbons (Fsp3) is 0.400. The maximum Gasteiger partial charge on any atom is 0.166 e. The molecule has 1 heterocycles. The van der Waals surface area contributed by atoms with Gasteiger partial charge in [0.2, 0.25) is 0 Å². The Morgan fingerprint density at radius 2 is 2.21 bits per heavy atom. The highest BCUT2D eigenvalue weighted by atomic mass is 79.9. The highest BCUT2D eigenvalue weighted by Gasteiger charge is 2.44. The van der Waals surface area contributed by atoms with Gasteiger partial charge in [-0.3, -0.25) is 0 Å². The smallest absolute Gasteiger partial charge is 0.166 e. The van der Waals surface area contributed by atoms with Gasteiger partial charge in [0.25, 0.3) is 0 Å². The van der Waals surface area contributed by atoms with Gasteiger partial charge in [0.1, 0.15) is 5.60 Å². The van der Waals surface area contributed by atoms with Crippen molar-refractivity contribution in [3.63, 3.8) is 0 Å². The number of halogens is 2. The molecule has 2 rings (SSSR count). The van der Waals surface area contributed by atoms with Crippen molar-refractivity contribution in [2.75, 3.05) is 13.7 Å². The molecule has 1 unspecified atom stereocenters. The Kier molecular flexibility index (Phi) is 2.27. The van der Waals surface area contributed by atoms with Crippen molar-refractivity contribution in [2.45, 2.75) is 12.5 Å². The number of methoxy groups -OCH3 is 1. The average molecular weight is 261 g/mol. The molecular weight excluding hydrogens is 251 g/mol. The summed E-state index contributed by atoms with van der Waals surface area (Å²) in [4.78, 5) is 0. The van der Waals surface area contributed by atoms with Crippen LogP contribution in [0.2, 0.25) is 0 Å². The minimum absolute atomic E-state index is 0.271. The zero-order valence-electron chi connectivity index (χ0n) is 7.93. The van der Waals surface area contributed by atoms with E-state index in [0.29, 0.717) is 11.1 Å². The summed E-state index contributed by atoms with van der Waals surface area (Å²) in [6.07, 6.45) is 0. The fourth-order valence-corrected chi connectivity index (χ4v) is 1.85. The van der Waals surface area contributed by atoms with Gasteiger partial charge >= 0.3 is 0 Å². The van der Waals surface area contributed by atoms with Crippen LogP contribution in [-0.2, 0) is 10.3 Å². The molecule has 1 saturated heterocycles. The van der Waals surface area contributed by atoms with Gasteiger partial charge in [-0.2, -0.15) is 0 Å². The Bertz CT molecular complexity index is 375. The summed E-state index contributed by atoms with van der Waals surface area (Å²) in [6, 6.07) is 3.21. The lowest BCUT2D eigenvalue weighted by Crippen LogP contribution is -2.06. The Morgan fingerprint density at radius 3 is 2.71 bits per heavy atom. The number of hydrogen-bond donors (Lipinski definition) is 0. The second kappa shape index (κ2) is 3.21. The second-order valence-corrected chi connectivity index (χ2v) is 4.40. The maximum absolute atomic E-state index is 13.5. The second-order valence-electron chi connectivity index (χ2n) is 3.49. The van der Waals surface area contributed by atoms with Crippen molar-refractivity contribution in [1.29, 1.82) is 0 Å². The van der Waals surface area contributed by atoms with E-state index in [1.807, 2.05) is 13.0 Å². The Labute approximate surface area is 90.1 Å². The van der Waals surface area contributed by atoms with Crippen LogP contribution in [0.5, 0.6) is 5.75 Å². The molecule has 1 aliphatic rings. The summed E-state index contributed by atoms with van der Waals surface area (Å²) in [6.45, 7) is 2.52. The van der Waals surface area contributed by atoms with Crippen LogP contribution in [0.3, 0.4) is 0 Å². The van der Waals surface area contributed by atoms with Crippen molar-refractivity contribution >= 4 is 15.9 Å². The third-order valence-electron chi connectivity index (χ3n) is 2.36. The molecule has 0 aromatic heterocycles. The van der Waals surface area contributed by atoms with E-state index >= 15 is 0 Å². The third-order valence-corrected chi connectivity index (χ3v) is 2.82. The molecule has 1 fully saturated rings. The van der Waals surface area contributed by atoms with E-state index in [0.717, 1.165) is 5.56 Å². The van der Waals surface area contributed by atoms with Crippen LogP contribution in [0, 0.1) is 5.82 Å². The molecule has 14 heavy (non-hydrogen) atoms. The molecule has 0 bridgehead atoms. The van der Waals surface area contributed by atoms with Gasteiger partial charge in [0, 0.05) is 10.0 Å². The Hall–Kier alpha value is -0.610. The molecule has 0 radical (unpaired) electrons. The summed E-state index contributed by atoms with van der Waals surface area (Å²) >= 11 is 3.25. The number of hydrogen-bond acceptors (Lipinski definition) is 2. The lowest BCUT2D eigenvalue weighted by atomic mass is 10.0. The lowest BCUT2D eigenvalue weighted by molar-refractivity contribution is 0.310. The average Bonchev–Trinajstić information content (AvgIpc) is 2.84. The van der Waals surface area contributed by atoms with Crippen LogP contribution in [0.4, 0.5) is 4.39 Å². The van der Waals surface area contributed by atoms with Crippen molar-refractivity contribution < 1.29 is 13.9 Å². The van der Waals surface area contributed by atoms with E-state index in [9.17, 15) is 4.39 Å². The molecule has 0 aliphatic carbocycles. The van der Waals surface area contributed by atoms with E-state index in [4.69, 9.17) is 9.47 Å². The van der Waals surface area contributed by atoms with Crippen LogP contribution in [-0.4, -0.2) is 13.7 Å². The molecule has 1 atom stereocenters. The molecule has 1 aromatic rings. The minimum atomic E-state index is -0.379. The first-order valence-corrected chi connectivity index (χ1v) is 5.03. The molecule has 0 saturated carbocycles. The summed E-state index contributed by atoms with van der Waals surface area (Å²) in [5.74, 6) is -0.0956. The van der Waals surface area contributed by atoms with Crippen LogP contribution >= 0.6 is 15.9 Å². The largest absolute Gasteiger partial charge is 0.493 e. The highest BCUT2D eigenvalue weighted by Crippen LogP contribution is 2.44. The quantitative estimate of drug-likeness (QED) is 0.763. The van der Waals surface area contributed by atoms with E-state index in [-0.39, 0.29) is 17.2 Å². The third kappa shape index (κ3) is 1.53. The maximum atomic E-state index is 13.5. The number of ether oxygens (including phenoxy) is 2. The standard InChI is InChI=1S/C10H10BrFO2/c1-10(5-14-10)7-3-6(11)4-8(12)9(7)13-2/h3-4H,5H2,1-2H3. The first kappa shape index (κ1) is 9.93. The van der Waals surface area contributed by atoms with Gasteiger partial charge < -0.3 is 9.47 Å². The number of rotatable bonds is 2. The lowest BCUT2D eigenvalue weighted by Gasteiger charge is -2.12. The van der Waals surface area contributed by atoms with Gasteiger partial charge in [-0.05, 0) is 19.1 Å². The van der Waals surface area contributed by atoms with Crippen LogP contribution in [0.25, 0.3) is 0 Å². The zero-order chi connectivity index (χ0) is 10.3. The Morgan fingerprint density at radius 1 is 1.57 bits per heavy atom. The molecular formula is C10H10BrFO2. The van der Waals surface area contributed by atoms with Crippen molar-refractivity contribution in [1.82, 2.24) is 0 Å². The molecule has 0 amide bonds. The predicted molar refractivity (Wildman–Crippen MR) is 54.0 cm³/mol. The predicted octanol–water partition coefficient (Wildman–Crippen LogP) is 2.84. The molecule has 1 aromatic carbocycles. The monoisotopic (exact) mass is 260 g/mol. The van der Waals surface area contributed by atoms with Gasteiger partial charge in [-0.1, -0.05) is 15.9 Å². The van der Waals surface area contributed by atoms with Gasteiger partial charge in [0.15, 0.2) is 11.6 Å². The van der Waals surface area contributed by atoms with E-state index in [2.05, 4.69) is 15.9 Å². The van der Waals surface area contributed by atoms with Gasteiger partial charge in [-0.15, -0.1) is 0 Å². The minimum Gasteiger partial charge on any atom is -0.493 e. The molecule has 0 N–H and O–H groups in total. The van der Waals surface area contributed by atoms with Crippen molar-refractivity contribution in [2.24, 2.45) is 0 Å². The van der Waals surface area contributed by atoms with Crippen molar-refractivity contribution in [3.05, 3.63) is 28.0 Å². The number of benzene rings is 1. The molecule has 76 valence electrons. The highest BCUT2D eigenvalue weighted by molar-refractivity contribution is 9.10. The summed E-state index contributed by atoms with van der Waals surface area (Å²) < 4.78 is 24.4. The topological polar surface area (TPSA) is 21.8 Å². The van der Waals surface area contributed by atoms with E-state index in [1.165, 1.54) is 13.2 Å². The molecule has 0 spiro atoms. The summed E-state index contributed by atoms with van der Waals surface area (Å²) in [7, 11) is 1.46. The Balaban J connectivity index is 2.56. The van der Waals surface area contributed by atoms with Gasteiger partial charge in [-0.25, -0.2) is 4.39 Å². The number of epoxide rings is 1. The van der Waals surface area contributed by atoms with Crippen LogP contribution in [0.1, 0.15) is 12.5 Å². The summed E-state index contributed by atoms with van der Waals surface area (Å²) in [5, 5.41) is 0. The zero-order valence-corrected chi connectivity index (χ0v) is 9.52. The van der Waals surface area contributed by atoms with Crippen LogP contribution in [0.15, 0.2) is 16.6 Å². The van der Waals surface area contributed by atoms with E-state index < -0.39 is 0 Å². The first-order valence-electron chi connectivity index (χ1n) is 4.24. The SMILES string of the molecule is COc1c(F)cc(Br)cc1C1(C)CO1. The first-order chi connectivity index (χ1) is 6.57. The van der Waals surface area contributed by atoms with E-state index in [1.54, 1.807) is 0 Å². The summed E-state index contributed by atoms with van der Waals surface area (Å²) in [5.41, 5.74) is 0.377. The van der Waals surface area contributed by atoms with Crippen molar-refractivity contribution in [3.8, 4) is 5.75 Å². The molecule has 1 aliphatic heterocycles. The fourth-order valence-electron chi connectivity index (χ4n) is 1.42. The normalized spacial score (nSPS) is 24.9. The van der Waals surface area contributed by atoms with Crippen LogP contribution < -0.4 is 4.74 Å². The molecule has 2 nitrogen and oxygen atoms in total. The van der Waals surface area contributed by atoms with Gasteiger partial charge in [0.05, 0.1) is 13.7 Å². The molecule has 4 heteroatoms.